The molecule has 0 radical (unpaired) electrons. The number of hydrogen-bond donors (Lipinski definition) is 0. The normalized spacial score (nSPS) is 11.4. The van der Waals surface area contributed by atoms with E-state index >= 15 is 0 Å². The SMILES string of the molecule is COc1ccccc1CC(CCl)(CCl)c1ccc(Br)cc1. The molecule has 0 aliphatic carbocycles. The molecule has 0 unspecified atom stereocenters. The van der Waals surface area contributed by atoms with Gasteiger partial charge < -0.3 is 4.74 Å². The van der Waals surface area contributed by atoms with Gasteiger partial charge in [0.15, 0.2) is 0 Å². The Labute approximate surface area is 144 Å². The largest absolute Gasteiger partial charge is 0.496 e. The van der Waals surface area contributed by atoms with Gasteiger partial charge in [-0.15, -0.1) is 23.2 Å². The molecule has 2 aromatic carbocycles. The van der Waals surface area contributed by atoms with Gasteiger partial charge in [0.2, 0.25) is 0 Å². The standard InChI is InChI=1S/C17H17BrCl2O/c1-21-16-5-3-2-4-13(16)10-17(11-19,12-20)14-6-8-15(18)9-7-14/h2-9H,10-12H2,1H3. The summed E-state index contributed by atoms with van der Waals surface area (Å²) in [6.45, 7) is 0. The average molecular weight is 388 g/mol. The quantitative estimate of drug-likeness (QED) is 0.601. The number of hydrogen-bond acceptors (Lipinski definition) is 1. The zero-order valence-corrected chi connectivity index (χ0v) is 14.9. The van der Waals surface area contributed by atoms with Crippen LogP contribution in [-0.2, 0) is 11.8 Å². The summed E-state index contributed by atoms with van der Waals surface area (Å²) in [5.74, 6) is 1.78. The van der Waals surface area contributed by atoms with Gasteiger partial charge in [0.25, 0.3) is 0 Å². The van der Waals surface area contributed by atoms with Crippen molar-refractivity contribution in [2.75, 3.05) is 18.9 Å². The Hall–Kier alpha value is -0.700. The minimum absolute atomic E-state index is 0.307. The van der Waals surface area contributed by atoms with Gasteiger partial charge in [-0.3, -0.25) is 0 Å². The molecule has 21 heavy (non-hydrogen) atoms. The molecule has 0 aliphatic rings. The minimum atomic E-state index is -0.307. The van der Waals surface area contributed by atoms with Crippen LogP contribution in [0.4, 0.5) is 0 Å². The van der Waals surface area contributed by atoms with Gasteiger partial charge in [-0.2, -0.15) is 0 Å². The Balaban J connectivity index is 2.40. The van der Waals surface area contributed by atoms with Gasteiger partial charge in [-0.25, -0.2) is 0 Å². The van der Waals surface area contributed by atoms with E-state index in [9.17, 15) is 0 Å². The summed E-state index contributed by atoms with van der Waals surface area (Å²) in [6, 6.07) is 16.2. The third-order valence-electron chi connectivity index (χ3n) is 3.69. The molecule has 2 rings (SSSR count). The number of rotatable bonds is 6. The summed E-state index contributed by atoms with van der Waals surface area (Å²) in [5, 5.41) is 0. The highest BCUT2D eigenvalue weighted by molar-refractivity contribution is 9.10. The number of alkyl halides is 2. The predicted molar refractivity (Wildman–Crippen MR) is 94.0 cm³/mol. The smallest absolute Gasteiger partial charge is 0.122 e. The lowest BCUT2D eigenvalue weighted by Crippen LogP contribution is -2.33. The first-order valence-electron chi connectivity index (χ1n) is 6.65. The van der Waals surface area contributed by atoms with Crippen LogP contribution in [0.15, 0.2) is 53.0 Å². The third-order valence-corrected chi connectivity index (χ3v) is 5.24. The van der Waals surface area contributed by atoms with Crippen LogP contribution in [0.1, 0.15) is 11.1 Å². The van der Waals surface area contributed by atoms with Crippen LogP contribution in [0.25, 0.3) is 0 Å². The van der Waals surface area contributed by atoms with Crippen molar-refractivity contribution in [3.63, 3.8) is 0 Å². The second-order valence-corrected chi connectivity index (χ2v) is 6.49. The summed E-state index contributed by atoms with van der Waals surface area (Å²) in [7, 11) is 1.68. The van der Waals surface area contributed by atoms with Gasteiger partial charge in [0, 0.05) is 21.6 Å². The molecule has 0 bridgehead atoms. The van der Waals surface area contributed by atoms with Crippen molar-refractivity contribution >= 4 is 39.1 Å². The molecular formula is C17H17BrCl2O. The van der Waals surface area contributed by atoms with Crippen LogP contribution in [0.2, 0.25) is 0 Å². The van der Waals surface area contributed by atoms with Gasteiger partial charge >= 0.3 is 0 Å². The van der Waals surface area contributed by atoms with Gasteiger partial charge in [-0.05, 0) is 35.7 Å². The summed E-state index contributed by atoms with van der Waals surface area (Å²) >= 11 is 16.1. The maximum atomic E-state index is 6.31. The van der Waals surface area contributed by atoms with E-state index in [1.165, 1.54) is 0 Å². The highest BCUT2D eigenvalue weighted by Crippen LogP contribution is 2.35. The molecule has 0 aromatic heterocycles. The van der Waals surface area contributed by atoms with E-state index in [4.69, 9.17) is 27.9 Å². The molecule has 0 atom stereocenters. The van der Waals surface area contributed by atoms with E-state index in [-0.39, 0.29) is 5.41 Å². The number of benzene rings is 2. The molecule has 0 saturated carbocycles. The third kappa shape index (κ3) is 3.74. The monoisotopic (exact) mass is 386 g/mol. The molecular weight excluding hydrogens is 371 g/mol. The van der Waals surface area contributed by atoms with Crippen LogP contribution in [0.5, 0.6) is 5.75 Å². The Bertz CT molecular complexity index is 580. The zero-order valence-electron chi connectivity index (χ0n) is 11.8. The van der Waals surface area contributed by atoms with Crippen molar-refractivity contribution < 1.29 is 4.74 Å². The second-order valence-electron chi connectivity index (χ2n) is 5.04. The van der Waals surface area contributed by atoms with E-state index in [2.05, 4.69) is 34.1 Å². The first-order valence-corrected chi connectivity index (χ1v) is 8.51. The summed E-state index contributed by atoms with van der Waals surface area (Å²) in [4.78, 5) is 0. The van der Waals surface area contributed by atoms with E-state index in [0.29, 0.717) is 11.8 Å². The number of para-hydroxylation sites is 1. The molecule has 0 amide bonds. The van der Waals surface area contributed by atoms with Gasteiger partial charge in [0.1, 0.15) is 5.75 Å². The topological polar surface area (TPSA) is 9.23 Å². The van der Waals surface area contributed by atoms with E-state index in [0.717, 1.165) is 27.8 Å². The first kappa shape index (κ1) is 16.7. The van der Waals surface area contributed by atoms with Crippen molar-refractivity contribution in [1.82, 2.24) is 0 Å². The first-order chi connectivity index (χ1) is 10.1. The van der Waals surface area contributed by atoms with E-state index in [1.807, 2.05) is 30.3 Å². The maximum Gasteiger partial charge on any atom is 0.122 e. The van der Waals surface area contributed by atoms with Crippen LogP contribution < -0.4 is 4.74 Å². The Morgan fingerprint density at radius 1 is 1.00 bits per heavy atom. The van der Waals surface area contributed by atoms with Gasteiger partial charge in [-0.1, -0.05) is 46.3 Å². The lowest BCUT2D eigenvalue weighted by atomic mass is 9.78. The molecule has 0 N–H and O–H groups in total. The molecule has 0 fully saturated rings. The molecule has 2 aromatic rings. The number of ether oxygens (including phenoxy) is 1. The molecule has 0 aliphatic heterocycles. The Morgan fingerprint density at radius 2 is 1.62 bits per heavy atom. The summed E-state index contributed by atoms with van der Waals surface area (Å²) in [6.07, 6.45) is 0.742. The summed E-state index contributed by atoms with van der Waals surface area (Å²) < 4.78 is 6.48. The molecule has 0 saturated heterocycles. The van der Waals surface area contributed by atoms with Crippen molar-refractivity contribution in [2.24, 2.45) is 0 Å². The van der Waals surface area contributed by atoms with Crippen molar-refractivity contribution in [1.29, 1.82) is 0 Å². The van der Waals surface area contributed by atoms with Crippen LogP contribution >= 0.6 is 39.1 Å². The van der Waals surface area contributed by atoms with E-state index in [1.54, 1.807) is 7.11 Å². The molecule has 4 heteroatoms. The average Bonchev–Trinajstić information content (AvgIpc) is 2.54. The van der Waals surface area contributed by atoms with E-state index < -0.39 is 0 Å². The van der Waals surface area contributed by atoms with Gasteiger partial charge in [0.05, 0.1) is 7.11 Å². The summed E-state index contributed by atoms with van der Waals surface area (Å²) in [5.41, 5.74) is 1.95. The van der Waals surface area contributed by atoms with Crippen molar-refractivity contribution in [3.05, 3.63) is 64.1 Å². The Morgan fingerprint density at radius 3 is 2.19 bits per heavy atom. The van der Waals surface area contributed by atoms with Crippen LogP contribution in [0.3, 0.4) is 0 Å². The van der Waals surface area contributed by atoms with Crippen LogP contribution in [-0.4, -0.2) is 18.9 Å². The molecule has 1 nitrogen and oxygen atoms in total. The fourth-order valence-electron chi connectivity index (χ4n) is 2.40. The zero-order chi connectivity index (χ0) is 15.3. The van der Waals surface area contributed by atoms with Crippen molar-refractivity contribution in [3.8, 4) is 5.75 Å². The maximum absolute atomic E-state index is 6.31. The number of halogens is 3. The fourth-order valence-corrected chi connectivity index (χ4v) is 3.45. The lowest BCUT2D eigenvalue weighted by molar-refractivity contribution is 0.403. The molecule has 0 spiro atoms. The minimum Gasteiger partial charge on any atom is -0.496 e. The second kappa shape index (κ2) is 7.53. The highest BCUT2D eigenvalue weighted by Gasteiger charge is 2.32. The van der Waals surface area contributed by atoms with Crippen molar-refractivity contribution in [2.45, 2.75) is 11.8 Å². The Kier molecular flexibility index (Phi) is 5.98. The molecule has 0 heterocycles. The highest BCUT2D eigenvalue weighted by atomic mass is 79.9. The predicted octanol–water partition coefficient (Wildman–Crippen LogP) is 5.42. The number of methoxy groups -OCH3 is 1. The molecule has 112 valence electrons. The fraction of sp³-hybridized carbons (Fsp3) is 0.294. The van der Waals surface area contributed by atoms with Crippen LogP contribution in [0, 0.1) is 0 Å². The lowest BCUT2D eigenvalue weighted by Gasteiger charge is -2.31.